The molecule has 12 nitrogen and oxygen atoms in total. The van der Waals surface area contributed by atoms with E-state index in [1.807, 2.05) is 12.2 Å². The van der Waals surface area contributed by atoms with Crippen LogP contribution in [0.25, 0.3) is 0 Å². The second kappa shape index (κ2) is 20.4. The normalized spacial score (nSPS) is 23.5. The number of amides is 1. The van der Waals surface area contributed by atoms with E-state index in [1.54, 1.807) is 36.4 Å². The minimum atomic E-state index is -0.866. The highest BCUT2D eigenvalue weighted by Gasteiger charge is 2.39. The molecule has 1 aromatic rings. The highest BCUT2D eigenvalue weighted by Crippen LogP contribution is 2.36. The van der Waals surface area contributed by atoms with Gasteiger partial charge in [0.25, 0.3) is 5.09 Å². The Morgan fingerprint density at radius 2 is 1.84 bits per heavy atom. The van der Waals surface area contributed by atoms with Crippen LogP contribution >= 0.6 is 11.6 Å². The molecule has 3 rings (SSSR count). The molecule has 0 spiro atoms. The van der Waals surface area contributed by atoms with Crippen molar-refractivity contribution in [3.05, 3.63) is 63.7 Å². The largest absolute Gasteiger partial charge is 0.491 e. The fourth-order valence-electron chi connectivity index (χ4n) is 5.79. The van der Waals surface area contributed by atoms with E-state index in [9.17, 15) is 30.2 Å². The molecule has 1 aliphatic carbocycles. The number of hydrogen-bond donors (Lipinski definition) is 4. The van der Waals surface area contributed by atoms with Gasteiger partial charge in [0, 0.05) is 63.1 Å². The molecule has 1 aliphatic heterocycles. The van der Waals surface area contributed by atoms with Gasteiger partial charge in [-0.15, -0.1) is 10.1 Å². The van der Waals surface area contributed by atoms with Crippen molar-refractivity contribution in [3.63, 3.8) is 0 Å². The van der Waals surface area contributed by atoms with Gasteiger partial charge in [0.05, 0.1) is 18.8 Å². The number of nitrogens with zero attached hydrogens (tertiary/aromatic N) is 3. The fraction of sp³-hybridized carbons (Fsp3) is 0.656. The second-order valence-corrected chi connectivity index (χ2v) is 12.2. The lowest BCUT2D eigenvalue weighted by atomic mass is 9.89. The van der Waals surface area contributed by atoms with Gasteiger partial charge in [-0.05, 0) is 62.8 Å². The summed E-state index contributed by atoms with van der Waals surface area (Å²) in [6.07, 6.45) is 9.59. The summed E-state index contributed by atoms with van der Waals surface area (Å²) >= 11 is 5.96. The Balaban J connectivity index is 1.23. The lowest BCUT2D eigenvalue weighted by molar-refractivity contribution is -0.757. The predicted molar refractivity (Wildman–Crippen MR) is 171 cm³/mol. The minimum absolute atomic E-state index is 0.0441. The number of aliphatic hydroxyl groups is 3. The summed E-state index contributed by atoms with van der Waals surface area (Å²) in [5.41, 5.74) is 0. The molecule has 1 heterocycles. The number of unbranched alkanes of at least 4 members (excludes halogenated alkanes) is 1. The highest BCUT2D eigenvalue weighted by molar-refractivity contribution is 6.30. The van der Waals surface area contributed by atoms with Gasteiger partial charge < -0.3 is 40.0 Å². The van der Waals surface area contributed by atoms with Crippen LogP contribution in [0.2, 0.25) is 5.02 Å². The summed E-state index contributed by atoms with van der Waals surface area (Å²) in [6.45, 7) is 6.31. The smallest absolute Gasteiger partial charge is 0.294 e. The van der Waals surface area contributed by atoms with Crippen molar-refractivity contribution in [3.8, 4) is 5.75 Å². The van der Waals surface area contributed by atoms with Gasteiger partial charge in [0.2, 0.25) is 5.91 Å². The van der Waals surface area contributed by atoms with Crippen LogP contribution in [0.15, 0.2) is 48.6 Å². The molecular formula is C32H49ClN4O8. The molecule has 1 aromatic carbocycles. The first-order chi connectivity index (χ1) is 21.7. The monoisotopic (exact) mass is 652 g/mol. The van der Waals surface area contributed by atoms with Crippen molar-refractivity contribution in [2.75, 3.05) is 59.0 Å². The van der Waals surface area contributed by atoms with Crippen LogP contribution in [0.3, 0.4) is 0 Å². The summed E-state index contributed by atoms with van der Waals surface area (Å²) in [4.78, 5) is 31.5. The number of piperazine rings is 1. The lowest BCUT2D eigenvalue weighted by Crippen LogP contribution is -2.47. The molecule has 0 radical (unpaired) electrons. The molecule has 2 aliphatic rings. The first kappa shape index (κ1) is 36.7. The highest BCUT2D eigenvalue weighted by atomic mass is 35.5. The van der Waals surface area contributed by atoms with Gasteiger partial charge in [-0.1, -0.05) is 42.0 Å². The number of benzene rings is 1. The predicted octanol–water partition coefficient (Wildman–Crippen LogP) is 2.83. The van der Waals surface area contributed by atoms with Crippen molar-refractivity contribution in [1.29, 1.82) is 0 Å². The molecule has 2 fully saturated rings. The molecule has 1 amide bonds. The van der Waals surface area contributed by atoms with Crippen LogP contribution in [-0.4, -0.2) is 113 Å². The van der Waals surface area contributed by atoms with Gasteiger partial charge in [-0.2, -0.15) is 0 Å². The van der Waals surface area contributed by atoms with Crippen LogP contribution in [0.1, 0.15) is 44.9 Å². The summed E-state index contributed by atoms with van der Waals surface area (Å²) in [5.74, 6) is 0.174. The van der Waals surface area contributed by atoms with Gasteiger partial charge in [0.1, 0.15) is 18.5 Å². The number of hydrogen-bond acceptors (Lipinski definition) is 10. The molecule has 0 unspecified atom stereocenters. The summed E-state index contributed by atoms with van der Waals surface area (Å²) in [7, 11) is 0. The first-order valence-corrected chi connectivity index (χ1v) is 16.3. The number of ether oxygens (including phenoxy) is 1. The average molecular weight is 653 g/mol. The van der Waals surface area contributed by atoms with Gasteiger partial charge in [-0.3, -0.25) is 4.79 Å². The number of halogens is 1. The minimum Gasteiger partial charge on any atom is -0.491 e. The Morgan fingerprint density at radius 1 is 1.11 bits per heavy atom. The number of carbonyl (C=O) groups is 1. The summed E-state index contributed by atoms with van der Waals surface area (Å²) in [6, 6.07) is 6.94. The third kappa shape index (κ3) is 14.5. The maximum atomic E-state index is 12.2. The summed E-state index contributed by atoms with van der Waals surface area (Å²) in [5, 5.41) is 44.3. The van der Waals surface area contributed by atoms with Gasteiger partial charge in [-0.25, -0.2) is 0 Å². The number of nitrogens with one attached hydrogen (secondary N) is 1. The van der Waals surface area contributed by atoms with E-state index in [0.29, 0.717) is 43.0 Å². The molecule has 1 saturated carbocycles. The van der Waals surface area contributed by atoms with E-state index >= 15 is 0 Å². The maximum Gasteiger partial charge on any atom is 0.294 e. The van der Waals surface area contributed by atoms with Crippen LogP contribution < -0.4 is 10.1 Å². The van der Waals surface area contributed by atoms with Gasteiger partial charge >= 0.3 is 0 Å². The van der Waals surface area contributed by atoms with Crippen LogP contribution in [0, 0.1) is 22.0 Å². The van der Waals surface area contributed by atoms with E-state index in [1.165, 1.54) is 0 Å². The van der Waals surface area contributed by atoms with Gasteiger partial charge in [0.15, 0.2) is 0 Å². The van der Waals surface area contributed by atoms with E-state index in [-0.39, 0.29) is 31.0 Å². The fourth-order valence-corrected chi connectivity index (χ4v) is 5.97. The molecule has 1 saturated heterocycles. The Morgan fingerprint density at radius 3 is 2.56 bits per heavy atom. The third-order valence-electron chi connectivity index (χ3n) is 8.29. The number of allylic oxidation sites excluding steroid dienone is 2. The zero-order valence-corrected chi connectivity index (χ0v) is 26.7. The van der Waals surface area contributed by atoms with Crippen molar-refractivity contribution in [2.45, 2.75) is 63.3 Å². The number of aliphatic hydroxyl groups excluding tert-OH is 3. The molecule has 0 aromatic heterocycles. The summed E-state index contributed by atoms with van der Waals surface area (Å²) < 4.78 is 5.57. The van der Waals surface area contributed by atoms with E-state index in [2.05, 4.69) is 20.0 Å². The van der Waals surface area contributed by atoms with Crippen molar-refractivity contribution in [1.82, 2.24) is 15.1 Å². The van der Waals surface area contributed by atoms with Crippen molar-refractivity contribution in [2.24, 2.45) is 11.8 Å². The third-order valence-corrected chi connectivity index (χ3v) is 8.53. The molecule has 13 heteroatoms. The molecule has 0 bridgehead atoms. The standard InChI is InChI=1S/C32H49ClN4O8/c33-25-8-5-9-27(22-25)44-24-26(38)12-13-29-28(30(39)23-31(29)40)10-3-1-2-4-11-32(41)34-14-6-15-35-17-19-36(20-18-35)16-7-21-45-37(42)43/h1,3,5,8-9,12-13,22,26,28-31,38-40H,2,4,6-7,10-11,14-21,23-24H2,(H,34,41)/t26-,28-,29-,30+,31-/m1/s1. The molecule has 5 atom stereocenters. The molecule has 45 heavy (non-hydrogen) atoms. The van der Waals surface area contributed by atoms with Crippen LogP contribution in [0.5, 0.6) is 5.75 Å². The molecule has 4 N–H and O–H groups in total. The Labute approximate surface area is 270 Å². The number of carbonyl (C=O) groups excluding carboxylic acids is 1. The quantitative estimate of drug-likeness (QED) is 0.0714. The Bertz CT molecular complexity index is 1090. The first-order valence-electron chi connectivity index (χ1n) is 16.0. The Kier molecular flexibility index (Phi) is 16.6. The maximum absolute atomic E-state index is 12.2. The average Bonchev–Trinajstić information content (AvgIpc) is 3.28. The van der Waals surface area contributed by atoms with E-state index in [0.717, 1.165) is 58.5 Å². The Hall–Kier alpha value is -2.74. The molecule has 252 valence electrons. The van der Waals surface area contributed by atoms with E-state index in [4.69, 9.17) is 16.3 Å². The second-order valence-electron chi connectivity index (χ2n) is 11.7. The number of rotatable bonds is 20. The topological polar surface area (TPSA) is 158 Å². The SMILES string of the molecule is O=C(CCCC=CC[C@@H]1[C@@H](C=C[C@@H](O)COc2cccc(Cl)c2)[C@H](O)C[C@@H]1O)NCCCN1CCN(CCCO[N+](=O)[O-])CC1. The van der Waals surface area contributed by atoms with E-state index < -0.39 is 23.4 Å². The van der Waals surface area contributed by atoms with Crippen LogP contribution in [0.4, 0.5) is 0 Å². The lowest BCUT2D eigenvalue weighted by Gasteiger charge is -2.34. The zero-order valence-electron chi connectivity index (χ0n) is 25.9. The zero-order chi connectivity index (χ0) is 32.4. The van der Waals surface area contributed by atoms with Crippen molar-refractivity contribution >= 4 is 17.5 Å². The van der Waals surface area contributed by atoms with Crippen LogP contribution in [-0.2, 0) is 9.63 Å². The molecular weight excluding hydrogens is 604 g/mol. The van der Waals surface area contributed by atoms with Crippen molar-refractivity contribution < 1.29 is 34.8 Å².